The average molecular weight is 424 g/mol. The number of ether oxygens (including phenoxy) is 2. The molecule has 3 heterocycles. The number of thiazole rings is 1. The zero-order valence-electron chi connectivity index (χ0n) is 16.5. The summed E-state index contributed by atoms with van der Waals surface area (Å²) in [6.07, 6.45) is 3.17. The van der Waals surface area contributed by atoms with Crippen LogP contribution in [0.1, 0.15) is 22.0 Å². The summed E-state index contributed by atoms with van der Waals surface area (Å²) in [7, 11) is 3.17. The van der Waals surface area contributed by atoms with Crippen molar-refractivity contribution in [3.63, 3.8) is 0 Å². The van der Waals surface area contributed by atoms with Crippen molar-refractivity contribution in [1.82, 2.24) is 9.88 Å². The van der Waals surface area contributed by atoms with Crippen LogP contribution in [0.4, 0.5) is 0 Å². The molecule has 0 aliphatic heterocycles. The van der Waals surface area contributed by atoms with E-state index in [2.05, 4.69) is 4.98 Å². The molecule has 3 aromatic heterocycles. The SMILES string of the molecule is COc1ccc(-c2nc(C(=O)N(Cc3ccco3)Cc3ccco3)cs2)cc1OC. The molecular formula is C22H20N2O5S. The van der Waals surface area contributed by atoms with Crippen LogP contribution in [0, 0.1) is 0 Å². The molecule has 0 atom stereocenters. The van der Waals surface area contributed by atoms with E-state index in [9.17, 15) is 4.79 Å². The van der Waals surface area contributed by atoms with Gasteiger partial charge in [-0.15, -0.1) is 11.3 Å². The summed E-state index contributed by atoms with van der Waals surface area (Å²) >= 11 is 1.40. The second-order valence-electron chi connectivity index (χ2n) is 6.43. The monoisotopic (exact) mass is 424 g/mol. The number of aromatic nitrogens is 1. The van der Waals surface area contributed by atoms with E-state index in [4.69, 9.17) is 18.3 Å². The second kappa shape index (κ2) is 8.87. The van der Waals surface area contributed by atoms with Crippen molar-refractivity contribution in [1.29, 1.82) is 0 Å². The van der Waals surface area contributed by atoms with E-state index in [-0.39, 0.29) is 5.91 Å². The van der Waals surface area contributed by atoms with Crippen LogP contribution in [0.2, 0.25) is 0 Å². The van der Waals surface area contributed by atoms with Crippen LogP contribution in [0.15, 0.2) is 69.2 Å². The molecule has 0 unspecified atom stereocenters. The molecule has 0 aliphatic carbocycles. The third kappa shape index (κ3) is 4.23. The normalized spacial score (nSPS) is 10.7. The van der Waals surface area contributed by atoms with Crippen LogP contribution in [0.25, 0.3) is 10.6 Å². The molecule has 30 heavy (non-hydrogen) atoms. The molecule has 4 aromatic rings. The van der Waals surface area contributed by atoms with E-state index < -0.39 is 0 Å². The summed E-state index contributed by atoms with van der Waals surface area (Å²) in [5.41, 5.74) is 1.21. The highest BCUT2D eigenvalue weighted by atomic mass is 32.1. The molecule has 0 N–H and O–H groups in total. The Morgan fingerprint density at radius 1 is 1.00 bits per heavy atom. The van der Waals surface area contributed by atoms with Gasteiger partial charge in [-0.2, -0.15) is 0 Å². The van der Waals surface area contributed by atoms with Crippen LogP contribution >= 0.6 is 11.3 Å². The molecule has 0 saturated carbocycles. The van der Waals surface area contributed by atoms with Gasteiger partial charge in [0.25, 0.3) is 5.91 Å². The van der Waals surface area contributed by atoms with Crippen molar-refractivity contribution >= 4 is 17.2 Å². The Labute approximate surface area is 177 Å². The Morgan fingerprint density at radius 2 is 1.67 bits per heavy atom. The van der Waals surface area contributed by atoms with E-state index in [1.54, 1.807) is 49.2 Å². The number of amides is 1. The molecule has 0 spiro atoms. The highest BCUT2D eigenvalue weighted by Gasteiger charge is 2.22. The molecular weight excluding hydrogens is 404 g/mol. The predicted molar refractivity (Wildman–Crippen MR) is 112 cm³/mol. The van der Waals surface area contributed by atoms with Crippen molar-refractivity contribution in [2.24, 2.45) is 0 Å². The van der Waals surface area contributed by atoms with Gasteiger partial charge in [-0.3, -0.25) is 4.79 Å². The molecule has 8 heteroatoms. The molecule has 4 rings (SSSR count). The lowest BCUT2D eigenvalue weighted by Crippen LogP contribution is -2.30. The van der Waals surface area contributed by atoms with Gasteiger partial charge in [0.2, 0.25) is 0 Å². The van der Waals surface area contributed by atoms with E-state index in [0.717, 1.165) is 10.6 Å². The lowest BCUT2D eigenvalue weighted by molar-refractivity contribution is 0.0700. The third-order valence-corrected chi connectivity index (χ3v) is 5.39. The largest absolute Gasteiger partial charge is 0.493 e. The molecule has 0 radical (unpaired) electrons. The third-order valence-electron chi connectivity index (χ3n) is 4.49. The molecule has 0 bridgehead atoms. The minimum Gasteiger partial charge on any atom is -0.493 e. The van der Waals surface area contributed by atoms with Gasteiger partial charge in [-0.1, -0.05) is 0 Å². The van der Waals surface area contributed by atoms with Gasteiger partial charge in [0, 0.05) is 10.9 Å². The first-order valence-corrected chi connectivity index (χ1v) is 10.1. The standard InChI is InChI=1S/C22H20N2O5S/c1-26-19-8-7-15(11-20(19)27-2)21-23-18(14-30-21)22(25)24(12-16-5-3-9-28-16)13-17-6-4-10-29-17/h3-11,14H,12-13H2,1-2H3. The molecule has 1 aromatic carbocycles. The molecule has 0 aliphatic rings. The maximum absolute atomic E-state index is 13.2. The summed E-state index contributed by atoms with van der Waals surface area (Å²) in [6, 6.07) is 12.8. The summed E-state index contributed by atoms with van der Waals surface area (Å²) < 4.78 is 21.5. The molecule has 0 saturated heterocycles. The first kappa shape index (κ1) is 19.8. The summed E-state index contributed by atoms with van der Waals surface area (Å²) in [5.74, 6) is 2.41. The van der Waals surface area contributed by atoms with Crippen LogP contribution in [-0.2, 0) is 13.1 Å². The number of hydrogen-bond donors (Lipinski definition) is 0. The number of benzene rings is 1. The molecule has 7 nitrogen and oxygen atoms in total. The van der Waals surface area contributed by atoms with E-state index in [1.165, 1.54) is 11.3 Å². The average Bonchev–Trinajstić information content (AvgIpc) is 3.55. The first-order valence-electron chi connectivity index (χ1n) is 9.20. The van der Waals surface area contributed by atoms with E-state index in [1.807, 2.05) is 30.3 Å². The lowest BCUT2D eigenvalue weighted by Gasteiger charge is -2.19. The van der Waals surface area contributed by atoms with Crippen molar-refractivity contribution in [3.8, 4) is 22.1 Å². The first-order chi connectivity index (χ1) is 14.7. The topological polar surface area (TPSA) is 77.9 Å². The summed E-state index contributed by atoms with van der Waals surface area (Å²) in [6.45, 7) is 0.630. The van der Waals surface area contributed by atoms with Crippen molar-refractivity contribution in [3.05, 3.63) is 77.6 Å². The van der Waals surface area contributed by atoms with E-state index in [0.29, 0.717) is 41.8 Å². The maximum Gasteiger partial charge on any atom is 0.274 e. The van der Waals surface area contributed by atoms with Gasteiger partial charge in [-0.25, -0.2) is 4.98 Å². The van der Waals surface area contributed by atoms with Gasteiger partial charge in [-0.05, 0) is 42.5 Å². The van der Waals surface area contributed by atoms with Crippen LogP contribution in [0.5, 0.6) is 11.5 Å². The zero-order valence-corrected chi connectivity index (χ0v) is 17.3. The fourth-order valence-corrected chi connectivity index (χ4v) is 3.81. The molecule has 0 fully saturated rings. The minimum absolute atomic E-state index is 0.203. The van der Waals surface area contributed by atoms with E-state index >= 15 is 0 Å². The molecule has 154 valence electrons. The number of carbonyl (C=O) groups is 1. The van der Waals surface area contributed by atoms with Gasteiger partial charge >= 0.3 is 0 Å². The quantitative estimate of drug-likeness (QED) is 0.402. The predicted octanol–water partition coefficient (Wildman–Crippen LogP) is 4.86. The Bertz CT molecular complexity index is 1070. The van der Waals surface area contributed by atoms with Crippen molar-refractivity contribution < 1.29 is 23.1 Å². The Hall–Kier alpha value is -3.52. The van der Waals surface area contributed by atoms with Crippen molar-refractivity contribution in [2.45, 2.75) is 13.1 Å². The fourth-order valence-electron chi connectivity index (χ4n) is 3.02. The van der Waals surface area contributed by atoms with Gasteiger partial charge in [0.1, 0.15) is 22.2 Å². The number of carbonyl (C=O) groups excluding carboxylic acids is 1. The number of hydrogen-bond acceptors (Lipinski definition) is 7. The number of methoxy groups -OCH3 is 2. The van der Waals surface area contributed by atoms with Gasteiger partial charge in [0.15, 0.2) is 11.5 Å². The Kier molecular flexibility index (Phi) is 5.85. The van der Waals surface area contributed by atoms with Crippen LogP contribution in [0.3, 0.4) is 0 Å². The fraction of sp³-hybridized carbons (Fsp3) is 0.182. The smallest absolute Gasteiger partial charge is 0.274 e. The number of nitrogens with zero attached hydrogens (tertiary/aromatic N) is 2. The van der Waals surface area contributed by atoms with Gasteiger partial charge < -0.3 is 23.2 Å². The van der Waals surface area contributed by atoms with Crippen LogP contribution < -0.4 is 9.47 Å². The summed E-state index contributed by atoms with van der Waals surface area (Å²) in [5, 5.41) is 2.47. The van der Waals surface area contributed by atoms with Crippen molar-refractivity contribution in [2.75, 3.05) is 14.2 Å². The number of rotatable bonds is 8. The summed E-state index contributed by atoms with van der Waals surface area (Å²) in [4.78, 5) is 19.4. The maximum atomic E-state index is 13.2. The highest BCUT2D eigenvalue weighted by Crippen LogP contribution is 2.33. The number of furan rings is 2. The van der Waals surface area contributed by atoms with Gasteiger partial charge in [0.05, 0.1) is 39.8 Å². The van der Waals surface area contributed by atoms with Crippen LogP contribution in [-0.4, -0.2) is 30.0 Å². The zero-order chi connectivity index (χ0) is 20.9. The Morgan fingerprint density at radius 3 is 2.23 bits per heavy atom. The molecule has 1 amide bonds. The highest BCUT2D eigenvalue weighted by molar-refractivity contribution is 7.13. The minimum atomic E-state index is -0.203. The second-order valence-corrected chi connectivity index (χ2v) is 7.29. The Balaban J connectivity index is 1.59. The lowest BCUT2D eigenvalue weighted by atomic mass is 10.2.